The summed E-state index contributed by atoms with van der Waals surface area (Å²) >= 11 is 0. The average Bonchev–Trinajstić information content (AvgIpc) is 2.43. The van der Waals surface area contributed by atoms with E-state index in [0.717, 1.165) is 11.3 Å². The molecule has 2 rings (SSSR count). The SMILES string of the molecule is Cc1ccc(NC(=O)CN(C)c2ccccc2)c(N)c1. The fraction of sp³-hybridized carbons (Fsp3) is 0.188. The van der Waals surface area contributed by atoms with E-state index in [1.54, 1.807) is 0 Å². The minimum atomic E-state index is -0.0908. The molecule has 0 atom stereocenters. The van der Waals surface area contributed by atoms with Crippen molar-refractivity contribution >= 4 is 23.0 Å². The second-order valence-corrected chi connectivity index (χ2v) is 4.83. The van der Waals surface area contributed by atoms with Crippen molar-refractivity contribution in [3.63, 3.8) is 0 Å². The molecule has 0 spiro atoms. The van der Waals surface area contributed by atoms with Crippen LogP contribution in [0.5, 0.6) is 0 Å². The molecule has 0 saturated heterocycles. The Morgan fingerprint density at radius 1 is 1.20 bits per heavy atom. The van der Waals surface area contributed by atoms with E-state index in [0.29, 0.717) is 11.4 Å². The van der Waals surface area contributed by atoms with E-state index in [2.05, 4.69) is 5.32 Å². The van der Waals surface area contributed by atoms with Crippen molar-refractivity contribution in [2.45, 2.75) is 6.92 Å². The smallest absolute Gasteiger partial charge is 0.243 e. The highest BCUT2D eigenvalue weighted by Crippen LogP contribution is 2.19. The number of hydrogen-bond acceptors (Lipinski definition) is 3. The zero-order chi connectivity index (χ0) is 14.5. The minimum absolute atomic E-state index is 0.0908. The lowest BCUT2D eigenvalue weighted by Crippen LogP contribution is -2.30. The van der Waals surface area contributed by atoms with E-state index < -0.39 is 0 Å². The van der Waals surface area contributed by atoms with E-state index in [4.69, 9.17) is 5.73 Å². The number of nitrogen functional groups attached to an aromatic ring is 1. The fourth-order valence-electron chi connectivity index (χ4n) is 1.97. The molecule has 4 nitrogen and oxygen atoms in total. The van der Waals surface area contributed by atoms with Gasteiger partial charge in [-0.15, -0.1) is 0 Å². The number of likely N-dealkylation sites (N-methyl/N-ethyl adjacent to an activating group) is 1. The number of anilines is 3. The van der Waals surface area contributed by atoms with Gasteiger partial charge in [0.05, 0.1) is 17.9 Å². The van der Waals surface area contributed by atoms with E-state index in [1.165, 1.54) is 0 Å². The number of rotatable bonds is 4. The summed E-state index contributed by atoms with van der Waals surface area (Å²) < 4.78 is 0. The summed E-state index contributed by atoms with van der Waals surface area (Å²) in [5.41, 5.74) is 9.19. The van der Waals surface area contributed by atoms with Crippen LogP contribution >= 0.6 is 0 Å². The summed E-state index contributed by atoms with van der Waals surface area (Å²) in [5, 5.41) is 2.83. The molecular weight excluding hydrogens is 250 g/mol. The molecule has 0 bridgehead atoms. The third-order valence-corrected chi connectivity index (χ3v) is 3.06. The molecule has 104 valence electrons. The van der Waals surface area contributed by atoms with Gasteiger partial charge in [-0.25, -0.2) is 0 Å². The van der Waals surface area contributed by atoms with Crippen LogP contribution in [0.2, 0.25) is 0 Å². The summed E-state index contributed by atoms with van der Waals surface area (Å²) in [4.78, 5) is 13.9. The van der Waals surface area contributed by atoms with E-state index in [-0.39, 0.29) is 12.5 Å². The van der Waals surface area contributed by atoms with Crippen LogP contribution in [-0.2, 0) is 4.79 Å². The number of carbonyl (C=O) groups is 1. The Morgan fingerprint density at radius 3 is 2.55 bits per heavy atom. The maximum atomic E-state index is 12.0. The van der Waals surface area contributed by atoms with Crippen LogP contribution < -0.4 is 16.0 Å². The molecule has 0 unspecified atom stereocenters. The van der Waals surface area contributed by atoms with Crippen LogP contribution in [0.3, 0.4) is 0 Å². The van der Waals surface area contributed by atoms with Crippen LogP contribution in [-0.4, -0.2) is 19.5 Å². The predicted octanol–water partition coefficient (Wildman–Crippen LogP) is 2.65. The average molecular weight is 269 g/mol. The Morgan fingerprint density at radius 2 is 1.90 bits per heavy atom. The first-order chi connectivity index (χ1) is 9.56. The molecule has 3 N–H and O–H groups in total. The van der Waals surface area contributed by atoms with Crippen LogP contribution in [0.15, 0.2) is 48.5 Å². The van der Waals surface area contributed by atoms with Crippen molar-refractivity contribution in [1.29, 1.82) is 0 Å². The second-order valence-electron chi connectivity index (χ2n) is 4.83. The van der Waals surface area contributed by atoms with Gasteiger partial charge in [0.25, 0.3) is 0 Å². The first-order valence-corrected chi connectivity index (χ1v) is 6.48. The highest BCUT2D eigenvalue weighted by molar-refractivity contribution is 5.96. The molecule has 1 amide bonds. The minimum Gasteiger partial charge on any atom is -0.397 e. The van der Waals surface area contributed by atoms with Gasteiger partial charge in [-0.3, -0.25) is 4.79 Å². The van der Waals surface area contributed by atoms with Gasteiger partial charge < -0.3 is 16.0 Å². The van der Waals surface area contributed by atoms with Crippen molar-refractivity contribution in [3.05, 3.63) is 54.1 Å². The standard InChI is InChI=1S/C16H19N3O/c1-12-8-9-15(14(17)10-12)18-16(20)11-19(2)13-6-4-3-5-7-13/h3-10H,11,17H2,1-2H3,(H,18,20). The quantitative estimate of drug-likeness (QED) is 0.839. The van der Waals surface area contributed by atoms with Gasteiger partial charge >= 0.3 is 0 Å². The zero-order valence-electron chi connectivity index (χ0n) is 11.8. The number of hydrogen-bond donors (Lipinski definition) is 2. The lowest BCUT2D eigenvalue weighted by Gasteiger charge is -2.19. The molecule has 0 radical (unpaired) electrons. The van der Waals surface area contributed by atoms with Gasteiger partial charge in [0.1, 0.15) is 0 Å². The normalized spacial score (nSPS) is 10.1. The second kappa shape index (κ2) is 6.10. The molecule has 20 heavy (non-hydrogen) atoms. The molecule has 2 aromatic carbocycles. The molecule has 0 aliphatic carbocycles. The highest BCUT2D eigenvalue weighted by atomic mass is 16.2. The predicted molar refractivity (Wildman–Crippen MR) is 83.9 cm³/mol. The van der Waals surface area contributed by atoms with Gasteiger partial charge in [0, 0.05) is 12.7 Å². The van der Waals surface area contributed by atoms with Crippen molar-refractivity contribution in [3.8, 4) is 0 Å². The number of carbonyl (C=O) groups excluding carboxylic acids is 1. The third kappa shape index (κ3) is 3.51. The molecule has 2 aromatic rings. The lowest BCUT2D eigenvalue weighted by molar-refractivity contribution is -0.114. The number of aryl methyl sites for hydroxylation is 1. The largest absolute Gasteiger partial charge is 0.397 e. The van der Waals surface area contributed by atoms with Crippen molar-refractivity contribution in [2.24, 2.45) is 0 Å². The summed E-state index contributed by atoms with van der Waals surface area (Å²) in [6, 6.07) is 15.4. The maximum Gasteiger partial charge on any atom is 0.243 e. The van der Waals surface area contributed by atoms with Gasteiger partial charge in [-0.1, -0.05) is 24.3 Å². The number of benzene rings is 2. The van der Waals surface area contributed by atoms with E-state index in [1.807, 2.05) is 67.4 Å². The Kier molecular flexibility index (Phi) is 4.25. The molecule has 0 heterocycles. The fourth-order valence-corrected chi connectivity index (χ4v) is 1.97. The van der Waals surface area contributed by atoms with Crippen LogP contribution in [0.1, 0.15) is 5.56 Å². The summed E-state index contributed by atoms with van der Waals surface area (Å²) in [6.45, 7) is 2.24. The van der Waals surface area contributed by atoms with Crippen molar-refractivity contribution in [2.75, 3.05) is 29.5 Å². The van der Waals surface area contributed by atoms with Gasteiger partial charge in [-0.05, 0) is 36.8 Å². The van der Waals surface area contributed by atoms with Crippen LogP contribution in [0, 0.1) is 6.92 Å². The summed E-state index contributed by atoms with van der Waals surface area (Å²) in [6.07, 6.45) is 0. The number of amides is 1. The Bertz CT molecular complexity index is 596. The van der Waals surface area contributed by atoms with Crippen molar-refractivity contribution < 1.29 is 4.79 Å². The summed E-state index contributed by atoms with van der Waals surface area (Å²) in [5.74, 6) is -0.0908. The molecule has 0 aliphatic rings. The first-order valence-electron chi connectivity index (χ1n) is 6.48. The highest BCUT2D eigenvalue weighted by Gasteiger charge is 2.09. The zero-order valence-corrected chi connectivity index (χ0v) is 11.8. The number of nitrogens with zero attached hydrogens (tertiary/aromatic N) is 1. The molecule has 4 heteroatoms. The van der Waals surface area contributed by atoms with Crippen LogP contribution in [0.25, 0.3) is 0 Å². The van der Waals surface area contributed by atoms with E-state index in [9.17, 15) is 4.79 Å². The summed E-state index contributed by atoms with van der Waals surface area (Å²) in [7, 11) is 1.88. The molecule has 0 fully saturated rings. The molecule has 0 aromatic heterocycles. The monoisotopic (exact) mass is 269 g/mol. The van der Waals surface area contributed by atoms with Crippen molar-refractivity contribution in [1.82, 2.24) is 0 Å². The Balaban J connectivity index is 1.99. The number of nitrogens with two attached hydrogens (primary N) is 1. The van der Waals surface area contributed by atoms with Gasteiger partial charge in [-0.2, -0.15) is 0 Å². The Labute approximate surface area is 119 Å². The van der Waals surface area contributed by atoms with E-state index >= 15 is 0 Å². The molecular formula is C16H19N3O. The Hall–Kier alpha value is -2.49. The lowest BCUT2D eigenvalue weighted by atomic mass is 10.2. The first kappa shape index (κ1) is 13.9. The maximum absolute atomic E-state index is 12.0. The number of nitrogens with one attached hydrogen (secondary N) is 1. The third-order valence-electron chi connectivity index (χ3n) is 3.06. The molecule has 0 aliphatic heterocycles. The molecule has 0 saturated carbocycles. The number of para-hydroxylation sites is 1. The van der Waals surface area contributed by atoms with Gasteiger partial charge in [0.2, 0.25) is 5.91 Å². The van der Waals surface area contributed by atoms with Gasteiger partial charge in [0.15, 0.2) is 0 Å². The van der Waals surface area contributed by atoms with Crippen LogP contribution in [0.4, 0.5) is 17.1 Å². The topological polar surface area (TPSA) is 58.4 Å².